The molecular formula is C17H15F2NO3. The van der Waals surface area contributed by atoms with Crippen LogP contribution in [0.3, 0.4) is 0 Å². The second-order valence-electron chi connectivity index (χ2n) is 5.30. The number of halogens is 2. The second-order valence-corrected chi connectivity index (χ2v) is 5.30. The zero-order chi connectivity index (χ0) is 16.4. The summed E-state index contributed by atoms with van der Waals surface area (Å²) in [4.78, 5) is 12.3. The molecule has 23 heavy (non-hydrogen) atoms. The lowest BCUT2D eigenvalue weighted by Crippen LogP contribution is -2.32. The van der Waals surface area contributed by atoms with Crippen LogP contribution in [0.4, 0.5) is 14.5 Å². The summed E-state index contributed by atoms with van der Waals surface area (Å²) in [5, 5.41) is 2.47. The zero-order valence-corrected chi connectivity index (χ0v) is 12.4. The van der Waals surface area contributed by atoms with Gasteiger partial charge in [-0.3, -0.25) is 4.79 Å². The quantitative estimate of drug-likeness (QED) is 0.945. The highest BCUT2D eigenvalue weighted by molar-refractivity contribution is 5.93. The monoisotopic (exact) mass is 319 g/mol. The topological polar surface area (TPSA) is 47.6 Å². The van der Waals surface area contributed by atoms with Gasteiger partial charge in [0.15, 0.2) is 0 Å². The van der Waals surface area contributed by atoms with Gasteiger partial charge >= 0.3 is 0 Å². The number of ether oxygens (including phenoxy) is 2. The van der Waals surface area contributed by atoms with Crippen LogP contribution in [0.15, 0.2) is 36.4 Å². The molecule has 120 valence electrons. The van der Waals surface area contributed by atoms with Crippen LogP contribution in [0.2, 0.25) is 0 Å². The highest BCUT2D eigenvalue weighted by atomic mass is 19.1. The lowest BCUT2D eigenvalue weighted by Gasteiger charge is -2.25. The van der Waals surface area contributed by atoms with Crippen LogP contribution in [0.5, 0.6) is 11.5 Å². The molecule has 4 nitrogen and oxygen atoms in total. The number of benzene rings is 2. The first-order valence-corrected chi connectivity index (χ1v) is 7.12. The standard InChI is InChI=1S/C17H15F2NO3/c1-22-13-3-5-16-10(7-13)6-11(9-23-16)17(21)20-15-4-2-12(18)8-14(15)19/h2-5,7-8,11H,6,9H2,1H3,(H,20,21)/t11-/m0/s1. The number of amides is 1. The molecule has 0 saturated heterocycles. The van der Waals surface area contributed by atoms with Crippen molar-refractivity contribution in [2.24, 2.45) is 5.92 Å². The van der Waals surface area contributed by atoms with Gasteiger partial charge in [-0.05, 0) is 42.3 Å². The molecule has 1 amide bonds. The molecule has 2 aromatic rings. The van der Waals surface area contributed by atoms with Gasteiger partial charge in [-0.25, -0.2) is 8.78 Å². The van der Waals surface area contributed by atoms with Crippen molar-refractivity contribution in [3.05, 3.63) is 53.6 Å². The Morgan fingerprint density at radius 1 is 1.26 bits per heavy atom. The van der Waals surface area contributed by atoms with Crippen molar-refractivity contribution in [1.82, 2.24) is 0 Å². The van der Waals surface area contributed by atoms with E-state index in [-0.39, 0.29) is 18.2 Å². The van der Waals surface area contributed by atoms with Gasteiger partial charge in [-0.15, -0.1) is 0 Å². The lowest BCUT2D eigenvalue weighted by atomic mass is 9.95. The number of methoxy groups -OCH3 is 1. The normalized spacial score (nSPS) is 16.2. The minimum Gasteiger partial charge on any atom is -0.497 e. The molecule has 1 atom stereocenters. The van der Waals surface area contributed by atoms with Crippen molar-refractivity contribution in [1.29, 1.82) is 0 Å². The smallest absolute Gasteiger partial charge is 0.231 e. The minimum atomic E-state index is -0.808. The third kappa shape index (κ3) is 3.26. The zero-order valence-electron chi connectivity index (χ0n) is 12.4. The van der Waals surface area contributed by atoms with E-state index >= 15 is 0 Å². The van der Waals surface area contributed by atoms with Crippen molar-refractivity contribution in [3.63, 3.8) is 0 Å². The van der Waals surface area contributed by atoms with Gasteiger partial charge in [-0.1, -0.05) is 0 Å². The predicted molar refractivity (Wildman–Crippen MR) is 80.7 cm³/mol. The van der Waals surface area contributed by atoms with Crippen molar-refractivity contribution >= 4 is 11.6 Å². The van der Waals surface area contributed by atoms with Crippen LogP contribution < -0.4 is 14.8 Å². The molecule has 0 radical (unpaired) electrons. The number of carbonyl (C=O) groups is 1. The molecule has 3 rings (SSSR count). The summed E-state index contributed by atoms with van der Waals surface area (Å²) >= 11 is 0. The Kier molecular flexibility index (Phi) is 4.14. The lowest BCUT2D eigenvalue weighted by molar-refractivity contribution is -0.121. The first-order valence-electron chi connectivity index (χ1n) is 7.12. The van der Waals surface area contributed by atoms with Crippen LogP contribution >= 0.6 is 0 Å². The maximum absolute atomic E-state index is 13.6. The van der Waals surface area contributed by atoms with Gasteiger partial charge in [0.25, 0.3) is 0 Å². The Hall–Kier alpha value is -2.63. The maximum atomic E-state index is 13.6. The van der Waals surface area contributed by atoms with Gasteiger partial charge in [0.2, 0.25) is 5.91 Å². The SMILES string of the molecule is COc1ccc2c(c1)C[C@H](C(=O)Nc1ccc(F)cc1F)CO2. The summed E-state index contributed by atoms with van der Waals surface area (Å²) in [5.41, 5.74) is 0.808. The average molecular weight is 319 g/mol. The maximum Gasteiger partial charge on any atom is 0.231 e. The molecule has 0 saturated carbocycles. The molecule has 2 aromatic carbocycles. The van der Waals surface area contributed by atoms with Crippen LogP contribution in [0, 0.1) is 17.6 Å². The van der Waals surface area contributed by atoms with Gasteiger partial charge in [0, 0.05) is 6.07 Å². The predicted octanol–water partition coefficient (Wildman–Crippen LogP) is 3.16. The molecule has 0 aliphatic carbocycles. The number of carbonyl (C=O) groups excluding carboxylic acids is 1. The molecule has 1 N–H and O–H groups in total. The number of hydrogen-bond acceptors (Lipinski definition) is 3. The fraction of sp³-hybridized carbons (Fsp3) is 0.235. The Labute approximate surface area is 132 Å². The molecule has 0 unspecified atom stereocenters. The van der Waals surface area contributed by atoms with E-state index in [0.29, 0.717) is 17.9 Å². The van der Waals surface area contributed by atoms with E-state index in [4.69, 9.17) is 9.47 Å². The molecule has 1 heterocycles. The molecule has 6 heteroatoms. The first kappa shape index (κ1) is 15.3. The van der Waals surface area contributed by atoms with Crippen molar-refractivity contribution in [2.45, 2.75) is 6.42 Å². The highest BCUT2D eigenvalue weighted by Crippen LogP contribution is 2.31. The fourth-order valence-corrected chi connectivity index (χ4v) is 2.49. The number of hydrogen-bond donors (Lipinski definition) is 1. The Balaban J connectivity index is 1.73. The van der Waals surface area contributed by atoms with Crippen LogP contribution in [0.1, 0.15) is 5.56 Å². The molecular weight excluding hydrogens is 304 g/mol. The number of nitrogens with one attached hydrogen (secondary N) is 1. The van der Waals surface area contributed by atoms with Crippen LogP contribution in [-0.2, 0) is 11.2 Å². The molecule has 0 bridgehead atoms. The van der Waals surface area contributed by atoms with E-state index < -0.39 is 17.6 Å². The highest BCUT2D eigenvalue weighted by Gasteiger charge is 2.27. The average Bonchev–Trinajstić information content (AvgIpc) is 2.56. The summed E-state index contributed by atoms with van der Waals surface area (Å²) < 4.78 is 37.2. The van der Waals surface area contributed by atoms with E-state index in [2.05, 4.69) is 5.32 Å². The Morgan fingerprint density at radius 3 is 2.83 bits per heavy atom. The molecule has 0 spiro atoms. The third-order valence-corrected chi connectivity index (χ3v) is 3.73. The Bertz CT molecular complexity index is 749. The Morgan fingerprint density at radius 2 is 2.09 bits per heavy atom. The van der Waals surface area contributed by atoms with Crippen LogP contribution in [0.25, 0.3) is 0 Å². The van der Waals surface area contributed by atoms with Crippen LogP contribution in [-0.4, -0.2) is 19.6 Å². The second kappa shape index (κ2) is 6.24. The minimum absolute atomic E-state index is 0.0483. The van der Waals surface area contributed by atoms with E-state index in [1.165, 1.54) is 6.07 Å². The molecule has 1 aliphatic heterocycles. The summed E-state index contributed by atoms with van der Waals surface area (Å²) in [6, 6.07) is 8.41. The van der Waals surface area contributed by atoms with Crippen molar-refractivity contribution in [3.8, 4) is 11.5 Å². The van der Waals surface area contributed by atoms with E-state index in [0.717, 1.165) is 17.7 Å². The van der Waals surface area contributed by atoms with Crippen molar-refractivity contribution < 1.29 is 23.0 Å². The first-order chi connectivity index (χ1) is 11.1. The van der Waals surface area contributed by atoms with Gasteiger partial charge in [0.05, 0.1) is 18.7 Å². The molecule has 0 aromatic heterocycles. The fourth-order valence-electron chi connectivity index (χ4n) is 2.49. The number of anilines is 1. The third-order valence-electron chi connectivity index (χ3n) is 3.73. The summed E-state index contributed by atoms with van der Waals surface area (Å²) in [6.07, 6.45) is 0.460. The molecule has 0 fully saturated rings. The van der Waals surface area contributed by atoms with Crippen molar-refractivity contribution in [2.75, 3.05) is 19.0 Å². The van der Waals surface area contributed by atoms with E-state index in [9.17, 15) is 13.6 Å². The van der Waals surface area contributed by atoms with Gasteiger partial charge in [0.1, 0.15) is 29.7 Å². The largest absolute Gasteiger partial charge is 0.497 e. The van der Waals surface area contributed by atoms with Gasteiger partial charge < -0.3 is 14.8 Å². The summed E-state index contributed by atoms with van der Waals surface area (Å²) in [7, 11) is 1.56. The van der Waals surface area contributed by atoms with Gasteiger partial charge in [-0.2, -0.15) is 0 Å². The summed E-state index contributed by atoms with van der Waals surface area (Å²) in [6.45, 7) is 0.202. The van der Waals surface area contributed by atoms with E-state index in [1.807, 2.05) is 6.07 Å². The molecule has 1 aliphatic rings. The number of fused-ring (bicyclic) bond motifs is 1. The van der Waals surface area contributed by atoms with E-state index in [1.54, 1.807) is 19.2 Å². The summed E-state index contributed by atoms with van der Waals surface area (Å²) in [5.74, 6) is -0.941. The number of rotatable bonds is 3.